The number of carbonyl (C=O) groups excluding carboxylic acids is 1. The van der Waals surface area contributed by atoms with E-state index in [-0.39, 0.29) is 5.41 Å². The monoisotopic (exact) mass is 334 g/mol. The van der Waals surface area contributed by atoms with Crippen LogP contribution in [0.4, 0.5) is 0 Å². The van der Waals surface area contributed by atoms with Gasteiger partial charge in [-0.05, 0) is 31.2 Å². The molecule has 0 amide bonds. The van der Waals surface area contributed by atoms with E-state index in [9.17, 15) is 4.79 Å². The van der Waals surface area contributed by atoms with Crippen molar-refractivity contribution >= 4 is 5.97 Å². The minimum atomic E-state index is -0.394. The number of hydrogen-bond acceptors (Lipinski definition) is 3. The molecule has 2 aromatic carbocycles. The van der Waals surface area contributed by atoms with Gasteiger partial charge in [0, 0.05) is 11.5 Å². The van der Waals surface area contributed by atoms with E-state index in [0.29, 0.717) is 11.4 Å². The second kappa shape index (κ2) is 6.55. The average Bonchev–Trinajstić information content (AvgIpc) is 3.00. The maximum Gasteiger partial charge on any atom is 0.344 e. The van der Waals surface area contributed by atoms with Gasteiger partial charge >= 0.3 is 5.97 Å². The van der Waals surface area contributed by atoms with Crippen LogP contribution in [0, 0.1) is 6.92 Å². The van der Waals surface area contributed by atoms with Gasteiger partial charge in [-0.15, -0.1) is 0 Å². The zero-order chi connectivity index (χ0) is 18.0. The highest BCUT2D eigenvalue weighted by atomic mass is 16.5. The van der Waals surface area contributed by atoms with E-state index in [1.165, 1.54) is 0 Å². The summed E-state index contributed by atoms with van der Waals surface area (Å²) < 4.78 is 7.33. The van der Waals surface area contributed by atoms with Crippen molar-refractivity contribution in [3.63, 3.8) is 0 Å². The summed E-state index contributed by atoms with van der Waals surface area (Å²) in [5.41, 5.74) is 3.25. The summed E-state index contributed by atoms with van der Waals surface area (Å²) in [7, 11) is 0. The molecule has 0 unspecified atom stereocenters. The lowest BCUT2D eigenvalue weighted by atomic mass is 9.93. The molecule has 4 nitrogen and oxygen atoms in total. The first-order valence-electron chi connectivity index (χ1n) is 8.29. The van der Waals surface area contributed by atoms with E-state index < -0.39 is 5.97 Å². The van der Waals surface area contributed by atoms with Crippen LogP contribution in [-0.4, -0.2) is 15.7 Å². The Kier molecular flexibility index (Phi) is 4.45. The molecule has 3 rings (SSSR count). The Hall–Kier alpha value is -2.88. The molecule has 0 bridgehead atoms. The number of ether oxygens (including phenoxy) is 1. The Labute approximate surface area is 148 Å². The Bertz CT molecular complexity index is 873. The van der Waals surface area contributed by atoms with Crippen LogP contribution in [-0.2, 0) is 5.41 Å². The topological polar surface area (TPSA) is 44.1 Å². The fourth-order valence-corrected chi connectivity index (χ4v) is 2.40. The van der Waals surface area contributed by atoms with Gasteiger partial charge in [0.25, 0.3) is 0 Å². The summed E-state index contributed by atoms with van der Waals surface area (Å²) in [5.74, 6) is 0.0250. The molecule has 0 aliphatic carbocycles. The number of nitrogens with zero attached hydrogens (tertiary/aromatic N) is 2. The van der Waals surface area contributed by atoms with Gasteiger partial charge in [-0.1, -0.05) is 56.7 Å². The largest absolute Gasteiger partial charge is 0.404 e. The molecule has 0 aliphatic rings. The molecule has 0 radical (unpaired) electrons. The number of esters is 1. The maximum atomic E-state index is 12.4. The highest BCUT2D eigenvalue weighted by Crippen LogP contribution is 2.28. The quantitative estimate of drug-likeness (QED) is 0.652. The molecule has 1 aromatic heterocycles. The van der Waals surface area contributed by atoms with Crippen molar-refractivity contribution in [2.45, 2.75) is 33.1 Å². The third-order valence-corrected chi connectivity index (χ3v) is 3.93. The van der Waals surface area contributed by atoms with Crippen molar-refractivity contribution in [2.75, 3.05) is 0 Å². The Morgan fingerprint density at radius 1 is 1.00 bits per heavy atom. The summed E-state index contributed by atoms with van der Waals surface area (Å²) >= 11 is 0. The van der Waals surface area contributed by atoms with Gasteiger partial charge in [0.15, 0.2) is 0 Å². The lowest BCUT2D eigenvalue weighted by molar-refractivity contribution is 0.0723. The van der Waals surface area contributed by atoms with Gasteiger partial charge in [-0.25, -0.2) is 9.48 Å². The third-order valence-electron chi connectivity index (χ3n) is 3.93. The minimum Gasteiger partial charge on any atom is -0.404 e. The first-order chi connectivity index (χ1) is 11.8. The van der Waals surface area contributed by atoms with E-state index in [4.69, 9.17) is 4.74 Å². The molecule has 25 heavy (non-hydrogen) atoms. The second-order valence-electron chi connectivity index (χ2n) is 7.12. The average molecular weight is 334 g/mol. The van der Waals surface area contributed by atoms with E-state index in [0.717, 1.165) is 16.9 Å². The number of hydrogen-bond donors (Lipinski definition) is 0. The van der Waals surface area contributed by atoms with Gasteiger partial charge in [-0.3, -0.25) is 0 Å². The molecule has 4 heteroatoms. The molecule has 3 aromatic rings. The van der Waals surface area contributed by atoms with Crippen molar-refractivity contribution in [3.8, 4) is 11.6 Å². The fraction of sp³-hybridized carbons (Fsp3) is 0.238. The van der Waals surface area contributed by atoms with Gasteiger partial charge in [0.05, 0.1) is 16.9 Å². The van der Waals surface area contributed by atoms with Gasteiger partial charge in [-0.2, -0.15) is 5.10 Å². The zero-order valence-electron chi connectivity index (χ0n) is 15.0. The molecule has 0 spiro atoms. The zero-order valence-corrected chi connectivity index (χ0v) is 15.0. The van der Waals surface area contributed by atoms with Crippen molar-refractivity contribution in [2.24, 2.45) is 0 Å². The number of rotatable bonds is 3. The molecular weight excluding hydrogens is 312 g/mol. The second-order valence-corrected chi connectivity index (χ2v) is 7.12. The first-order valence-corrected chi connectivity index (χ1v) is 8.29. The van der Waals surface area contributed by atoms with Gasteiger partial charge < -0.3 is 4.74 Å². The normalized spacial score (nSPS) is 11.4. The van der Waals surface area contributed by atoms with Crippen LogP contribution in [0.15, 0.2) is 60.7 Å². The first kappa shape index (κ1) is 17.0. The number of carbonyl (C=O) groups is 1. The van der Waals surface area contributed by atoms with Crippen LogP contribution in [0.25, 0.3) is 5.69 Å². The number of benzene rings is 2. The van der Waals surface area contributed by atoms with Crippen LogP contribution in [0.5, 0.6) is 5.88 Å². The number of aromatic nitrogens is 2. The summed E-state index contributed by atoms with van der Waals surface area (Å²) in [6, 6.07) is 18.8. The van der Waals surface area contributed by atoms with Crippen LogP contribution >= 0.6 is 0 Å². The van der Waals surface area contributed by atoms with E-state index >= 15 is 0 Å². The molecule has 0 fully saturated rings. The predicted octanol–water partition coefficient (Wildman–Crippen LogP) is 4.70. The molecule has 1 heterocycles. The lowest BCUT2D eigenvalue weighted by Gasteiger charge is -2.13. The molecule has 128 valence electrons. The Morgan fingerprint density at radius 2 is 1.64 bits per heavy atom. The van der Waals surface area contributed by atoms with Crippen LogP contribution in [0.2, 0.25) is 0 Å². The van der Waals surface area contributed by atoms with E-state index in [1.807, 2.05) is 55.5 Å². The smallest absolute Gasteiger partial charge is 0.344 e. The third kappa shape index (κ3) is 3.79. The van der Waals surface area contributed by atoms with E-state index in [2.05, 4.69) is 25.9 Å². The number of aryl methyl sites for hydroxylation is 1. The predicted molar refractivity (Wildman–Crippen MR) is 98.4 cm³/mol. The highest BCUT2D eigenvalue weighted by Gasteiger charge is 2.23. The molecule has 0 aliphatic heterocycles. The van der Waals surface area contributed by atoms with Crippen molar-refractivity contribution in [1.82, 2.24) is 9.78 Å². The maximum absolute atomic E-state index is 12.4. The Balaban J connectivity index is 2.00. The van der Waals surface area contributed by atoms with Crippen LogP contribution < -0.4 is 4.74 Å². The fourth-order valence-electron chi connectivity index (χ4n) is 2.40. The van der Waals surface area contributed by atoms with Crippen molar-refractivity contribution < 1.29 is 9.53 Å². The van der Waals surface area contributed by atoms with Crippen molar-refractivity contribution in [3.05, 3.63) is 77.5 Å². The molecular formula is C21H22N2O2. The molecule has 0 saturated carbocycles. The lowest BCUT2D eigenvalue weighted by Crippen LogP contribution is -2.13. The summed E-state index contributed by atoms with van der Waals surface area (Å²) in [6.45, 7) is 8.27. The molecule has 0 atom stereocenters. The Morgan fingerprint density at radius 3 is 2.24 bits per heavy atom. The van der Waals surface area contributed by atoms with Crippen LogP contribution in [0.1, 0.15) is 42.4 Å². The summed E-state index contributed by atoms with van der Waals surface area (Å²) in [6.07, 6.45) is 0. The summed E-state index contributed by atoms with van der Waals surface area (Å²) in [4.78, 5) is 12.4. The standard InChI is InChI=1S/C21H22N2O2/c1-15-10-12-17(13-11-15)23-19(14-18(22-23)21(2,3)4)25-20(24)16-8-6-5-7-9-16/h5-14H,1-4H3. The van der Waals surface area contributed by atoms with Gasteiger partial charge in [0.1, 0.15) is 0 Å². The summed E-state index contributed by atoms with van der Waals surface area (Å²) in [5, 5.41) is 4.67. The minimum absolute atomic E-state index is 0.149. The van der Waals surface area contributed by atoms with E-state index in [1.54, 1.807) is 16.8 Å². The van der Waals surface area contributed by atoms with Gasteiger partial charge in [0.2, 0.25) is 5.88 Å². The SMILES string of the molecule is Cc1ccc(-n2nc(C(C)(C)C)cc2OC(=O)c2ccccc2)cc1. The molecule has 0 N–H and O–H groups in total. The van der Waals surface area contributed by atoms with Crippen LogP contribution in [0.3, 0.4) is 0 Å². The van der Waals surface area contributed by atoms with Crippen molar-refractivity contribution in [1.29, 1.82) is 0 Å². The highest BCUT2D eigenvalue weighted by molar-refractivity contribution is 5.90. The molecule has 0 saturated heterocycles.